The number of amides is 1. The highest BCUT2D eigenvalue weighted by atomic mass is 16.6. The number of anilines is 1. The molecule has 1 amide bonds. The smallest absolute Gasteiger partial charge is 0.354 e. The molecule has 2 N–H and O–H groups in total. The summed E-state index contributed by atoms with van der Waals surface area (Å²) in [6.07, 6.45) is 0.114. The first-order valence-electron chi connectivity index (χ1n) is 5.67. The first kappa shape index (κ1) is 15.3. The summed E-state index contributed by atoms with van der Waals surface area (Å²) in [5.74, 6) is -1.59. The minimum absolute atomic E-state index is 0.0844. The lowest BCUT2D eigenvalue weighted by Gasteiger charge is -2.17. The van der Waals surface area contributed by atoms with Gasteiger partial charge in [-0.1, -0.05) is 0 Å². The summed E-state index contributed by atoms with van der Waals surface area (Å²) >= 11 is 0. The van der Waals surface area contributed by atoms with Crippen molar-refractivity contribution in [1.29, 1.82) is 0 Å². The molecule has 1 heterocycles. The quantitative estimate of drug-likeness (QED) is 0.566. The lowest BCUT2D eigenvalue weighted by molar-refractivity contribution is -0.384. The van der Waals surface area contributed by atoms with Crippen molar-refractivity contribution in [3.05, 3.63) is 27.9 Å². The molecule has 1 rings (SSSR count). The number of pyridine rings is 1. The lowest BCUT2D eigenvalue weighted by Crippen LogP contribution is -2.27. The predicted octanol–water partition coefficient (Wildman–Crippen LogP) is 0.260. The normalized spacial score (nSPS) is 9.90. The fourth-order valence-electron chi connectivity index (χ4n) is 1.48. The van der Waals surface area contributed by atoms with Gasteiger partial charge in [0.25, 0.3) is 0 Å². The second kappa shape index (κ2) is 6.45. The van der Waals surface area contributed by atoms with Gasteiger partial charge in [0, 0.05) is 33.1 Å². The molecule has 0 bridgehead atoms. The minimum atomic E-state index is -1.28. The van der Waals surface area contributed by atoms with Gasteiger partial charge in [0.15, 0.2) is 5.69 Å². The number of nitro groups is 1. The largest absolute Gasteiger partial charge is 0.477 e. The van der Waals surface area contributed by atoms with Crippen molar-refractivity contribution in [1.82, 2.24) is 10.3 Å². The molecular formula is C11H14N4O5. The van der Waals surface area contributed by atoms with Gasteiger partial charge in [0.2, 0.25) is 11.7 Å². The molecule has 0 radical (unpaired) electrons. The Bertz CT molecular complexity index is 546. The van der Waals surface area contributed by atoms with E-state index in [1.807, 2.05) is 0 Å². The Kier molecular flexibility index (Phi) is 4.95. The summed E-state index contributed by atoms with van der Waals surface area (Å²) in [6, 6.07) is 2.15. The SMILES string of the molecule is CNC(=O)CCN(C)c1nc(C(=O)O)ccc1[N+](=O)[O-]. The van der Waals surface area contributed by atoms with Crippen LogP contribution in [0.3, 0.4) is 0 Å². The number of carboxylic acid groups (broad SMARTS) is 1. The zero-order chi connectivity index (χ0) is 15.3. The van der Waals surface area contributed by atoms with Crippen molar-refractivity contribution < 1.29 is 19.6 Å². The Labute approximate surface area is 114 Å². The highest BCUT2D eigenvalue weighted by Crippen LogP contribution is 2.25. The van der Waals surface area contributed by atoms with E-state index in [4.69, 9.17) is 5.11 Å². The van der Waals surface area contributed by atoms with Crippen molar-refractivity contribution >= 4 is 23.4 Å². The van der Waals surface area contributed by atoms with Gasteiger partial charge in [0.1, 0.15) is 0 Å². The summed E-state index contributed by atoms with van der Waals surface area (Å²) in [4.78, 5) is 37.4. The van der Waals surface area contributed by atoms with Crippen molar-refractivity contribution in [2.45, 2.75) is 6.42 Å². The molecule has 0 aliphatic rings. The molecule has 9 heteroatoms. The van der Waals surface area contributed by atoms with Gasteiger partial charge in [-0.3, -0.25) is 14.9 Å². The van der Waals surface area contributed by atoms with Gasteiger partial charge in [-0.15, -0.1) is 0 Å². The van der Waals surface area contributed by atoms with Gasteiger partial charge < -0.3 is 15.3 Å². The highest BCUT2D eigenvalue weighted by molar-refractivity contribution is 5.86. The van der Waals surface area contributed by atoms with Crippen LogP contribution in [0.2, 0.25) is 0 Å². The van der Waals surface area contributed by atoms with Crippen LogP contribution in [0.15, 0.2) is 12.1 Å². The molecular weight excluding hydrogens is 268 g/mol. The van der Waals surface area contributed by atoms with Gasteiger partial charge in [0.05, 0.1) is 4.92 Å². The van der Waals surface area contributed by atoms with Crippen LogP contribution in [0.4, 0.5) is 11.5 Å². The monoisotopic (exact) mass is 282 g/mol. The third kappa shape index (κ3) is 3.64. The number of hydrogen-bond donors (Lipinski definition) is 2. The maximum Gasteiger partial charge on any atom is 0.354 e. The second-order valence-electron chi connectivity index (χ2n) is 3.95. The van der Waals surface area contributed by atoms with Gasteiger partial charge in [-0.05, 0) is 6.07 Å². The number of nitrogens with zero attached hydrogens (tertiary/aromatic N) is 3. The zero-order valence-electron chi connectivity index (χ0n) is 11.0. The number of carboxylic acids is 1. The van der Waals surface area contributed by atoms with Crippen LogP contribution in [0, 0.1) is 10.1 Å². The fraction of sp³-hybridized carbons (Fsp3) is 0.364. The highest BCUT2D eigenvalue weighted by Gasteiger charge is 2.21. The van der Waals surface area contributed by atoms with Gasteiger partial charge >= 0.3 is 11.7 Å². The van der Waals surface area contributed by atoms with E-state index in [-0.39, 0.29) is 36.1 Å². The fourth-order valence-corrected chi connectivity index (χ4v) is 1.48. The summed E-state index contributed by atoms with van der Waals surface area (Å²) in [6.45, 7) is 0.177. The Hall–Kier alpha value is -2.71. The molecule has 0 unspecified atom stereocenters. The van der Waals surface area contributed by atoms with E-state index in [0.717, 1.165) is 12.1 Å². The molecule has 9 nitrogen and oxygen atoms in total. The molecule has 0 atom stereocenters. The van der Waals surface area contributed by atoms with Crippen molar-refractivity contribution in [3.8, 4) is 0 Å². The van der Waals surface area contributed by atoms with E-state index >= 15 is 0 Å². The summed E-state index contributed by atoms with van der Waals surface area (Å²) in [5.41, 5.74) is -0.605. The maximum absolute atomic E-state index is 11.2. The Morgan fingerprint density at radius 2 is 2.15 bits per heavy atom. The molecule has 1 aromatic rings. The topological polar surface area (TPSA) is 126 Å². The standard InChI is InChI=1S/C11H14N4O5/c1-12-9(16)5-6-14(2)10-8(15(19)20)4-3-7(13-10)11(17)18/h3-4H,5-6H2,1-2H3,(H,12,16)(H,17,18). The van der Waals surface area contributed by atoms with Crippen LogP contribution in [0.25, 0.3) is 0 Å². The number of hydrogen-bond acceptors (Lipinski definition) is 6. The Morgan fingerprint density at radius 1 is 1.50 bits per heavy atom. The molecule has 0 spiro atoms. The molecule has 108 valence electrons. The van der Waals surface area contributed by atoms with Gasteiger partial charge in [-0.25, -0.2) is 9.78 Å². The summed E-state index contributed by atoms with van der Waals surface area (Å²) in [5, 5.41) is 22.2. The number of carbonyl (C=O) groups excluding carboxylic acids is 1. The van der Waals surface area contributed by atoms with E-state index in [2.05, 4.69) is 10.3 Å². The van der Waals surface area contributed by atoms with Crippen LogP contribution < -0.4 is 10.2 Å². The van der Waals surface area contributed by atoms with Crippen LogP contribution in [0.5, 0.6) is 0 Å². The van der Waals surface area contributed by atoms with E-state index in [9.17, 15) is 19.7 Å². The number of nitrogens with one attached hydrogen (secondary N) is 1. The zero-order valence-corrected chi connectivity index (χ0v) is 11.0. The number of rotatable bonds is 6. The number of aromatic nitrogens is 1. The average Bonchev–Trinajstić information content (AvgIpc) is 2.43. The minimum Gasteiger partial charge on any atom is -0.477 e. The average molecular weight is 282 g/mol. The summed E-state index contributed by atoms with van der Waals surface area (Å²) < 4.78 is 0. The number of carbonyl (C=O) groups is 2. The number of aromatic carboxylic acids is 1. The van der Waals surface area contributed by atoms with Crippen LogP contribution >= 0.6 is 0 Å². The second-order valence-corrected chi connectivity index (χ2v) is 3.95. The molecule has 0 aliphatic heterocycles. The molecule has 20 heavy (non-hydrogen) atoms. The third-order valence-electron chi connectivity index (χ3n) is 2.59. The van der Waals surface area contributed by atoms with Crippen LogP contribution in [-0.2, 0) is 4.79 Å². The Balaban J connectivity index is 3.05. The summed E-state index contributed by atoms with van der Waals surface area (Å²) in [7, 11) is 2.98. The molecule has 1 aromatic heterocycles. The lowest BCUT2D eigenvalue weighted by atomic mass is 10.3. The first-order chi connectivity index (χ1) is 9.36. The molecule has 0 saturated carbocycles. The molecule has 0 saturated heterocycles. The Morgan fingerprint density at radius 3 is 2.65 bits per heavy atom. The first-order valence-corrected chi connectivity index (χ1v) is 5.67. The maximum atomic E-state index is 11.2. The van der Waals surface area contributed by atoms with Crippen molar-refractivity contribution in [3.63, 3.8) is 0 Å². The van der Waals surface area contributed by atoms with E-state index in [1.54, 1.807) is 0 Å². The van der Waals surface area contributed by atoms with Crippen molar-refractivity contribution in [2.24, 2.45) is 0 Å². The predicted molar refractivity (Wildman–Crippen MR) is 69.8 cm³/mol. The van der Waals surface area contributed by atoms with E-state index in [0.29, 0.717) is 0 Å². The van der Waals surface area contributed by atoms with Crippen LogP contribution in [0.1, 0.15) is 16.9 Å². The van der Waals surface area contributed by atoms with Crippen molar-refractivity contribution in [2.75, 3.05) is 25.5 Å². The third-order valence-corrected chi connectivity index (χ3v) is 2.59. The van der Waals surface area contributed by atoms with E-state index in [1.165, 1.54) is 19.0 Å². The molecule has 0 fully saturated rings. The van der Waals surface area contributed by atoms with Crippen LogP contribution in [-0.4, -0.2) is 47.5 Å². The van der Waals surface area contributed by atoms with E-state index < -0.39 is 10.9 Å². The molecule has 0 aromatic carbocycles. The van der Waals surface area contributed by atoms with Gasteiger partial charge in [-0.2, -0.15) is 0 Å². The molecule has 0 aliphatic carbocycles.